The summed E-state index contributed by atoms with van der Waals surface area (Å²) in [6.45, 7) is 1.69. The van der Waals surface area contributed by atoms with Crippen molar-refractivity contribution in [1.82, 2.24) is 4.98 Å². The van der Waals surface area contributed by atoms with Crippen LogP contribution in [0.1, 0.15) is 18.6 Å². The zero-order valence-electron chi connectivity index (χ0n) is 9.60. The fraction of sp³-hybridized carbons (Fsp3) is 0.154. The second-order valence-corrected chi connectivity index (χ2v) is 5.71. The van der Waals surface area contributed by atoms with E-state index >= 15 is 0 Å². The van der Waals surface area contributed by atoms with Crippen molar-refractivity contribution < 1.29 is 5.11 Å². The van der Waals surface area contributed by atoms with Gasteiger partial charge in [-0.2, -0.15) is 0 Å². The van der Waals surface area contributed by atoms with Crippen LogP contribution in [0.4, 0.5) is 0 Å². The minimum Gasteiger partial charge on any atom is -0.389 e. The molecule has 1 heterocycles. The molecule has 0 aliphatic rings. The highest BCUT2D eigenvalue weighted by Gasteiger charge is 2.08. The van der Waals surface area contributed by atoms with Crippen molar-refractivity contribution in [2.24, 2.45) is 0 Å². The van der Waals surface area contributed by atoms with Crippen LogP contribution in [0.2, 0.25) is 10.0 Å². The Hall–Kier alpha value is -0.740. The maximum absolute atomic E-state index is 9.50. The largest absolute Gasteiger partial charge is 0.389 e. The van der Waals surface area contributed by atoms with Crippen molar-refractivity contribution in [3.63, 3.8) is 0 Å². The van der Waals surface area contributed by atoms with E-state index in [0.29, 0.717) is 10.0 Å². The molecule has 0 saturated heterocycles. The molecular weight excluding hydrogens is 289 g/mol. The Morgan fingerprint density at radius 2 is 2.00 bits per heavy atom. The van der Waals surface area contributed by atoms with Crippen LogP contribution in [0, 0.1) is 0 Å². The normalized spacial score (nSPS) is 12.4. The lowest BCUT2D eigenvalue weighted by Gasteiger charge is -2.08. The Bertz CT molecular complexity index is 543. The van der Waals surface area contributed by atoms with Gasteiger partial charge >= 0.3 is 0 Å². The smallest absolute Gasteiger partial charge is 0.101 e. The van der Waals surface area contributed by atoms with E-state index in [1.807, 2.05) is 24.3 Å². The quantitative estimate of drug-likeness (QED) is 0.899. The minimum atomic E-state index is -0.565. The molecule has 2 aromatic rings. The summed E-state index contributed by atoms with van der Waals surface area (Å²) < 4.78 is 0. The van der Waals surface area contributed by atoms with Crippen LogP contribution in [0.5, 0.6) is 0 Å². The van der Waals surface area contributed by atoms with Crippen LogP contribution < -0.4 is 0 Å². The van der Waals surface area contributed by atoms with E-state index in [9.17, 15) is 5.11 Å². The summed E-state index contributed by atoms with van der Waals surface area (Å²) in [5.74, 6) is 0. The zero-order chi connectivity index (χ0) is 13.1. The van der Waals surface area contributed by atoms with E-state index in [-0.39, 0.29) is 0 Å². The number of rotatable bonds is 3. The summed E-state index contributed by atoms with van der Waals surface area (Å²) in [5.41, 5.74) is 0.727. The van der Waals surface area contributed by atoms with E-state index in [1.54, 1.807) is 19.2 Å². The van der Waals surface area contributed by atoms with Gasteiger partial charge in [0.1, 0.15) is 5.03 Å². The van der Waals surface area contributed by atoms with Crippen LogP contribution in [-0.2, 0) is 0 Å². The standard InChI is InChI=1S/C13H11Cl2NOS/c1-8(17)11-4-3-10(6-12(11)15)18-13-5-2-9(14)7-16-13/h2-8,17H,1H3. The third-order valence-electron chi connectivity index (χ3n) is 2.34. The molecule has 1 N–H and O–H groups in total. The first-order valence-electron chi connectivity index (χ1n) is 5.33. The summed E-state index contributed by atoms with van der Waals surface area (Å²) in [6, 6.07) is 9.21. The van der Waals surface area contributed by atoms with Gasteiger partial charge in [-0.05, 0) is 36.8 Å². The molecule has 0 fully saturated rings. The Morgan fingerprint density at radius 3 is 2.56 bits per heavy atom. The van der Waals surface area contributed by atoms with Gasteiger partial charge in [0, 0.05) is 16.1 Å². The molecule has 1 aromatic heterocycles. The van der Waals surface area contributed by atoms with E-state index < -0.39 is 6.10 Å². The van der Waals surface area contributed by atoms with Gasteiger partial charge in [-0.1, -0.05) is 41.0 Å². The van der Waals surface area contributed by atoms with Gasteiger partial charge < -0.3 is 5.11 Å². The van der Waals surface area contributed by atoms with Crippen molar-refractivity contribution in [1.29, 1.82) is 0 Å². The first-order chi connectivity index (χ1) is 8.56. The Labute approximate surface area is 120 Å². The Kier molecular flexibility index (Phi) is 4.51. The number of nitrogens with zero attached hydrogens (tertiary/aromatic N) is 1. The van der Waals surface area contributed by atoms with Gasteiger partial charge in [0.2, 0.25) is 0 Å². The van der Waals surface area contributed by atoms with Crippen molar-refractivity contribution in [2.75, 3.05) is 0 Å². The summed E-state index contributed by atoms with van der Waals surface area (Å²) in [6.07, 6.45) is 1.04. The highest BCUT2D eigenvalue weighted by molar-refractivity contribution is 7.99. The lowest BCUT2D eigenvalue weighted by Crippen LogP contribution is -1.92. The number of halogens is 2. The lowest BCUT2D eigenvalue weighted by atomic mass is 10.1. The third-order valence-corrected chi connectivity index (χ3v) is 3.84. The molecule has 1 unspecified atom stereocenters. The molecule has 0 bridgehead atoms. The number of benzene rings is 1. The van der Waals surface area contributed by atoms with E-state index in [2.05, 4.69) is 4.98 Å². The van der Waals surface area contributed by atoms with Gasteiger partial charge in [-0.3, -0.25) is 0 Å². The molecular formula is C13H11Cl2NOS. The molecule has 2 rings (SSSR count). The zero-order valence-corrected chi connectivity index (χ0v) is 11.9. The van der Waals surface area contributed by atoms with E-state index in [0.717, 1.165) is 15.5 Å². The maximum Gasteiger partial charge on any atom is 0.101 e. The molecule has 2 nitrogen and oxygen atoms in total. The topological polar surface area (TPSA) is 33.1 Å². The van der Waals surface area contributed by atoms with Crippen molar-refractivity contribution >= 4 is 35.0 Å². The highest BCUT2D eigenvalue weighted by atomic mass is 35.5. The Balaban J connectivity index is 2.20. The fourth-order valence-corrected chi connectivity index (χ4v) is 2.76. The molecule has 5 heteroatoms. The van der Waals surface area contributed by atoms with Crippen LogP contribution in [-0.4, -0.2) is 10.1 Å². The first-order valence-corrected chi connectivity index (χ1v) is 6.90. The molecule has 0 spiro atoms. The second kappa shape index (κ2) is 5.93. The van der Waals surface area contributed by atoms with Crippen molar-refractivity contribution in [3.05, 3.63) is 52.1 Å². The van der Waals surface area contributed by atoms with Crippen molar-refractivity contribution in [3.8, 4) is 0 Å². The molecule has 18 heavy (non-hydrogen) atoms. The summed E-state index contributed by atoms with van der Waals surface area (Å²) >= 11 is 13.4. The lowest BCUT2D eigenvalue weighted by molar-refractivity contribution is 0.199. The average molecular weight is 300 g/mol. The highest BCUT2D eigenvalue weighted by Crippen LogP contribution is 2.32. The summed E-state index contributed by atoms with van der Waals surface area (Å²) in [7, 11) is 0. The van der Waals surface area contributed by atoms with Gasteiger partial charge in [-0.25, -0.2) is 4.98 Å². The van der Waals surface area contributed by atoms with E-state index in [4.69, 9.17) is 23.2 Å². The molecule has 94 valence electrons. The van der Waals surface area contributed by atoms with Crippen LogP contribution in [0.25, 0.3) is 0 Å². The monoisotopic (exact) mass is 299 g/mol. The molecule has 0 aliphatic carbocycles. The number of aliphatic hydroxyl groups is 1. The number of aliphatic hydroxyl groups excluding tert-OH is 1. The second-order valence-electron chi connectivity index (χ2n) is 3.78. The van der Waals surface area contributed by atoms with Gasteiger partial charge in [0.15, 0.2) is 0 Å². The fourth-order valence-electron chi connectivity index (χ4n) is 1.45. The summed E-state index contributed by atoms with van der Waals surface area (Å²) in [5, 5.41) is 11.5. The van der Waals surface area contributed by atoms with E-state index in [1.165, 1.54) is 11.8 Å². The molecule has 0 saturated carbocycles. The van der Waals surface area contributed by atoms with Gasteiger partial charge in [0.25, 0.3) is 0 Å². The first kappa shape index (κ1) is 13.7. The number of aromatic nitrogens is 1. The molecule has 1 aromatic carbocycles. The number of pyridine rings is 1. The molecule has 0 amide bonds. The minimum absolute atomic E-state index is 0.559. The Morgan fingerprint density at radius 1 is 1.22 bits per heavy atom. The van der Waals surface area contributed by atoms with Gasteiger partial charge in [0.05, 0.1) is 11.1 Å². The SMILES string of the molecule is CC(O)c1ccc(Sc2ccc(Cl)cn2)cc1Cl. The number of hydrogen-bond acceptors (Lipinski definition) is 3. The number of hydrogen-bond donors (Lipinski definition) is 1. The predicted octanol–water partition coefficient (Wildman–Crippen LogP) is 4.59. The molecule has 1 atom stereocenters. The average Bonchev–Trinajstić information content (AvgIpc) is 2.32. The molecule has 0 radical (unpaired) electrons. The maximum atomic E-state index is 9.50. The summed E-state index contributed by atoms with van der Waals surface area (Å²) in [4.78, 5) is 5.17. The molecule has 0 aliphatic heterocycles. The van der Waals surface area contributed by atoms with Crippen LogP contribution >= 0.6 is 35.0 Å². The predicted molar refractivity (Wildman–Crippen MR) is 75.5 cm³/mol. The van der Waals surface area contributed by atoms with Crippen LogP contribution in [0.3, 0.4) is 0 Å². The van der Waals surface area contributed by atoms with Gasteiger partial charge in [-0.15, -0.1) is 0 Å². The van der Waals surface area contributed by atoms with Crippen LogP contribution in [0.15, 0.2) is 46.5 Å². The van der Waals surface area contributed by atoms with Crippen molar-refractivity contribution in [2.45, 2.75) is 22.9 Å². The third kappa shape index (κ3) is 3.39.